The van der Waals surface area contributed by atoms with Gasteiger partial charge in [0.2, 0.25) is 0 Å². The highest BCUT2D eigenvalue weighted by Crippen LogP contribution is 2.20. The number of hydrogen-bond donors (Lipinski definition) is 6. The molecule has 6 N–H and O–H groups in total. The lowest BCUT2D eigenvalue weighted by molar-refractivity contribution is -0.996. The number of benzene rings is 1. The highest BCUT2D eigenvalue weighted by Gasteiger charge is 2.13. The summed E-state index contributed by atoms with van der Waals surface area (Å²) in [5.41, 5.74) is -0.403. The SMILES string of the molecule is O=C(O)CNc1ccc([NH+]([O-])O)cc1[NH+]([O-])O. The van der Waals surface area contributed by atoms with Gasteiger partial charge in [-0.2, -0.15) is 10.5 Å². The number of nitrogens with one attached hydrogen (secondary N) is 3. The van der Waals surface area contributed by atoms with Crippen molar-refractivity contribution < 1.29 is 30.8 Å². The molecule has 0 fully saturated rings. The molecule has 9 nitrogen and oxygen atoms in total. The molecule has 0 spiro atoms. The second-order valence-corrected chi connectivity index (χ2v) is 3.12. The molecule has 0 aliphatic carbocycles. The fraction of sp³-hybridized carbons (Fsp3) is 0.125. The van der Waals surface area contributed by atoms with Gasteiger partial charge in [0.1, 0.15) is 12.2 Å². The lowest BCUT2D eigenvalue weighted by Crippen LogP contribution is -3.00. The van der Waals surface area contributed by atoms with Crippen LogP contribution < -0.4 is 15.8 Å². The van der Waals surface area contributed by atoms with E-state index in [1.165, 1.54) is 12.1 Å². The van der Waals surface area contributed by atoms with Crippen LogP contribution in [0.3, 0.4) is 0 Å². The molecule has 0 saturated heterocycles. The molecular weight excluding hydrogens is 234 g/mol. The maximum absolute atomic E-state index is 10.9. The van der Waals surface area contributed by atoms with E-state index in [0.717, 1.165) is 6.07 Å². The van der Waals surface area contributed by atoms with E-state index < -0.39 is 23.0 Å². The third kappa shape index (κ3) is 3.64. The standard InChI is InChI=1S/C8H11N3O6/c12-8(13)4-9-6-2-1-5(10(14)15)3-7(6)11(16)17/h1-3,9-11,14,16H,4H2,(H,12,13). The maximum Gasteiger partial charge on any atom is 0.322 e. The van der Waals surface area contributed by atoms with Gasteiger partial charge in [0.15, 0.2) is 11.4 Å². The van der Waals surface area contributed by atoms with Crippen molar-refractivity contribution in [1.29, 1.82) is 0 Å². The van der Waals surface area contributed by atoms with E-state index >= 15 is 0 Å². The van der Waals surface area contributed by atoms with Crippen LogP contribution in [0.15, 0.2) is 18.2 Å². The smallest absolute Gasteiger partial charge is 0.322 e. The summed E-state index contributed by atoms with van der Waals surface area (Å²) in [5.74, 6) is -1.15. The molecule has 0 amide bonds. The number of carbonyl (C=O) groups is 1. The van der Waals surface area contributed by atoms with Crippen molar-refractivity contribution in [3.8, 4) is 0 Å². The Bertz CT molecular complexity index is 408. The number of hydrogen-bond acceptors (Lipinski definition) is 6. The summed E-state index contributed by atoms with van der Waals surface area (Å²) in [7, 11) is 0. The molecule has 0 radical (unpaired) electrons. The van der Waals surface area contributed by atoms with Crippen molar-refractivity contribution in [2.45, 2.75) is 0 Å². The molecule has 94 valence electrons. The summed E-state index contributed by atoms with van der Waals surface area (Å²) in [5, 5.41) is 47.3. The number of anilines is 1. The normalized spacial score (nSPS) is 14.1. The lowest BCUT2D eigenvalue weighted by atomic mass is 10.2. The van der Waals surface area contributed by atoms with Gasteiger partial charge in [-0.1, -0.05) is 0 Å². The third-order valence-electron chi connectivity index (χ3n) is 1.93. The monoisotopic (exact) mass is 245 g/mol. The van der Waals surface area contributed by atoms with Crippen LogP contribution in [0.4, 0.5) is 17.1 Å². The van der Waals surface area contributed by atoms with Gasteiger partial charge in [-0.05, 0) is 6.07 Å². The minimum Gasteiger partial charge on any atom is -0.595 e. The van der Waals surface area contributed by atoms with Crippen LogP contribution in [0.1, 0.15) is 0 Å². The average Bonchev–Trinajstić information content (AvgIpc) is 2.25. The highest BCUT2D eigenvalue weighted by molar-refractivity contribution is 5.75. The molecule has 0 aromatic heterocycles. The highest BCUT2D eigenvalue weighted by atomic mass is 16.8. The van der Waals surface area contributed by atoms with E-state index in [2.05, 4.69) is 5.32 Å². The molecule has 1 aromatic rings. The summed E-state index contributed by atoms with van der Waals surface area (Å²) >= 11 is 0. The Morgan fingerprint density at radius 1 is 1.29 bits per heavy atom. The average molecular weight is 245 g/mol. The van der Waals surface area contributed by atoms with Gasteiger partial charge in [-0.25, -0.2) is 10.4 Å². The summed E-state index contributed by atoms with van der Waals surface area (Å²) in [6.45, 7) is -0.452. The molecule has 1 rings (SSSR count). The molecule has 0 bridgehead atoms. The van der Waals surface area contributed by atoms with Gasteiger partial charge < -0.3 is 20.8 Å². The number of carboxylic acids is 1. The molecule has 0 heterocycles. The Morgan fingerprint density at radius 2 is 1.94 bits per heavy atom. The van der Waals surface area contributed by atoms with Crippen LogP contribution in [0.2, 0.25) is 0 Å². The Hall–Kier alpha value is -1.75. The Morgan fingerprint density at radius 3 is 2.41 bits per heavy atom. The first-order chi connectivity index (χ1) is 7.91. The summed E-state index contributed by atoms with van der Waals surface area (Å²) in [6.07, 6.45) is 0. The topological polar surface area (TPSA) is 145 Å². The molecule has 9 heteroatoms. The first-order valence-electron chi connectivity index (χ1n) is 4.48. The van der Waals surface area contributed by atoms with Crippen molar-refractivity contribution in [3.05, 3.63) is 28.6 Å². The number of carboxylic acid groups (broad SMARTS) is 1. The van der Waals surface area contributed by atoms with E-state index in [9.17, 15) is 15.2 Å². The number of quaternary nitrogens is 2. The summed E-state index contributed by atoms with van der Waals surface area (Å²) in [6, 6.07) is 3.38. The van der Waals surface area contributed by atoms with Gasteiger partial charge in [0.25, 0.3) is 0 Å². The zero-order valence-corrected chi connectivity index (χ0v) is 8.51. The fourth-order valence-electron chi connectivity index (χ4n) is 1.18. The second-order valence-electron chi connectivity index (χ2n) is 3.12. The minimum atomic E-state index is -1.33. The van der Waals surface area contributed by atoms with Crippen LogP contribution in [0.25, 0.3) is 0 Å². The molecule has 17 heavy (non-hydrogen) atoms. The maximum atomic E-state index is 10.9. The van der Waals surface area contributed by atoms with Crippen LogP contribution >= 0.6 is 0 Å². The zero-order chi connectivity index (χ0) is 13.0. The first kappa shape index (κ1) is 13.3. The van der Waals surface area contributed by atoms with E-state index in [1.807, 2.05) is 0 Å². The lowest BCUT2D eigenvalue weighted by Gasteiger charge is -2.18. The molecule has 0 aliphatic heterocycles. The van der Waals surface area contributed by atoms with Crippen molar-refractivity contribution in [3.63, 3.8) is 0 Å². The van der Waals surface area contributed by atoms with Crippen molar-refractivity contribution >= 4 is 23.0 Å². The van der Waals surface area contributed by atoms with Crippen LogP contribution in [-0.2, 0) is 4.79 Å². The van der Waals surface area contributed by atoms with Crippen LogP contribution in [0.5, 0.6) is 0 Å². The van der Waals surface area contributed by atoms with Crippen molar-refractivity contribution in [2.24, 2.45) is 0 Å². The van der Waals surface area contributed by atoms with Gasteiger partial charge in [-0.15, -0.1) is 0 Å². The number of aliphatic carboxylic acids is 1. The van der Waals surface area contributed by atoms with Gasteiger partial charge in [-0.3, -0.25) is 4.79 Å². The van der Waals surface area contributed by atoms with Gasteiger partial charge in [0.05, 0.1) is 6.07 Å². The van der Waals surface area contributed by atoms with E-state index in [1.54, 1.807) is 0 Å². The summed E-state index contributed by atoms with van der Waals surface area (Å²) in [4.78, 5) is 10.3. The Balaban J connectivity index is 3.00. The molecule has 2 atom stereocenters. The van der Waals surface area contributed by atoms with Crippen LogP contribution in [0, 0.1) is 10.4 Å². The quantitative estimate of drug-likeness (QED) is 0.329. The molecule has 0 aliphatic rings. The van der Waals surface area contributed by atoms with Gasteiger partial charge >= 0.3 is 5.97 Å². The predicted molar refractivity (Wildman–Crippen MR) is 54.1 cm³/mol. The Kier molecular flexibility index (Phi) is 4.34. The van der Waals surface area contributed by atoms with Gasteiger partial charge in [0, 0.05) is 6.07 Å². The number of rotatable bonds is 5. The molecule has 0 saturated carbocycles. The first-order valence-corrected chi connectivity index (χ1v) is 4.48. The van der Waals surface area contributed by atoms with E-state index in [4.69, 9.17) is 15.5 Å². The molecule has 1 aromatic carbocycles. The third-order valence-corrected chi connectivity index (χ3v) is 1.93. The molecule has 2 unspecified atom stereocenters. The fourth-order valence-corrected chi connectivity index (χ4v) is 1.18. The predicted octanol–water partition coefficient (Wildman–Crippen LogP) is -2.01. The van der Waals surface area contributed by atoms with Crippen molar-refractivity contribution in [2.75, 3.05) is 11.9 Å². The second kappa shape index (κ2) is 5.54. The van der Waals surface area contributed by atoms with Crippen LogP contribution in [-0.4, -0.2) is 28.0 Å². The zero-order valence-electron chi connectivity index (χ0n) is 8.51. The largest absolute Gasteiger partial charge is 0.595 e. The van der Waals surface area contributed by atoms with E-state index in [-0.39, 0.29) is 17.1 Å². The Labute approximate surface area is 95.2 Å². The van der Waals surface area contributed by atoms with Crippen molar-refractivity contribution in [1.82, 2.24) is 0 Å². The summed E-state index contributed by atoms with van der Waals surface area (Å²) < 4.78 is 0. The van der Waals surface area contributed by atoms with E-state index in [0.29, 0.717) is 0 Å². The minimum absolute atomic E-state index is 0.0601. The molecular formula is C8H11N3O6.